The Kier molecular flexibility index (Phi) is 3.27. The number of nitrogens with zero attached hydrogens (tertiary/aromatic N) is 2. The highest BCUT2D eigenvalue weighted by Gasteiger charge is 2.19. The molecule has 1 aromatic carbocycles. The van der Waals surface area contributed by atoms with Crippen molar-refractivity contribution in [2.45, 2.75) is 4.90 Å². The molecular formula is C10H9ClFN3O2S. The highest BCUT2D eigenvalue weighted by molar-refractivity contribution is 7.92. The van der Waals surface area contributed by atoms with E-state index in [0.29, 0.717) is 0 Å². The predicted molar refractivity (Wildman–Crippen MR) is 65.4 cm³/mol. The van der Waals surface area contributed by atoms with Crippen molar-refractivity contribution in [3.63, 3.8) is 0 Å². The minimum atomic E-state index is -3.86. The quantitative estimate of drug-likeness (QED) is 0.940. The molecule has 0 bridgehead atoms. The summed E-state index contributed by atoms with van der Waals surface area (Å²) in [5.74, 6) is -0.310. The van der Waals surface area contributed by atoms with E-state index in [4.69, 9.17) is 11.6 Å². The van der Waals surface area contributed by atoms with Gasteiger partial charge in [0.1, 0.15) is 16.5 Å². The third-order valence-corrected chi connectivity index (χ3v) is 4.08. The maximum atomic E-state index is 12.9. The first-order chi connectivity index (χ1) is 8.40. The van der Waals surface area contributed by atoms with Crippen LogP contribution in [0.15, 0.2) is 35.4 Å². The number of rotatable bonds is 3. The van der Waals surface area contributed by atoms with Crippen molar-refractivity contribution >= 4 is 27.4 Å². The van der Waals surface area contributed by atoms with E-state index in [2.05, 4.69) is 9.82 Å². The molecule has 0 atom stereocenters. The van der Waals surface area contributed by atoms with E-state index in [1.807, 2.05) is 0 Å². The highest BCUT2D eigenvalue weighted by Crippen LogP contribution is 2.24. The summed E-state index contributed by atoms with van der Waals surface area (Å²) in [4.78, 5) is -0.188. The second kappa shape index (κ2) is 4.58. The van der Waals surface area contributed by atoms with Crippen molar-refractivity contribution in [3.8, 4) is 0 Å². The Balaban J connectivity index is 2.40. The second-order valence-electron chi connectivity index (χ2n) is 3.52. The molecule has 0 spiro atoms. The van der Waals surface area contributed by atoms with Crippen LogP contribution in [0.4, 0.5) is 10.2 Å². The zero-order valence-electron chi connectivity index (χ0n) is 9.26. The van der Waals surface area contributed by atoms with E-state index < -0.39 is 15.8 Å². The van der Waals surface area contributed by atoms with Gasteiger partial charge in [0.05, 0.1) is 11.2 Å². The number of aryl methyl sites for hydroxylation is 1. The van der Waals surface area contributed by atoms with Crippen LogP contribution in [0.5, 0.6) is 0 Å². The van der Waals surface area contributed by atoms with Gasteiger partial charge in [0, 0.05) is 13.1 Å². The van der Waals surface area contributed by atoms with Gasteiger partial charge in [-0.25, -0.2) is 12.8 Å². The molecule has 0 saturated heterocycles. The lowest BCUT2D eigenvalue weighted by atomic mass is 10.3. The van der Waals surface area contributed by atoms with E-state index >= 15 is 0 Å². The van der Waals surface area contributed by atoms with Crippen LogP contribution < -0.4 is 4.72 Å². The largest absolute Gasteiger partial charge is 0.264 e. The van der Waals surface area contributed by atoms with Gasteiger partial charge in [-0.1, -0.05) is 11.6 Å². The first-order valence-corrected chi connectivity index (χ1v) is 6.72. The van der Waals surface area contributed by atoms with Gasteiger partial charge in [-0.05, 0) is 18.2 Å². The lowest BCUT2D eigenvalue weighted by molar-refractivity contribution is 0.599. The second-order valence-corrected chi connectivity index (χ2v) is 5.58. The van der Waals surface area contributed by atoms with Crippen LogP contribution in [-0.4, -0.2) is 18.2 Å². The SMILES string of the molecule is Cn1nccc1NS(=O)(=O)c1ccc(F)cc1Cl. The average Bonchev–Trinajstić information content (AvgIpc) is 2.63. The summed E-state index contributed by atoms with van der Waals surface area (Å²) in [5, 5.41) is 3.65. The Morgan fingerprint density at radius 1 is 1.39 bits per heavy atom. The lowest BCUT2D eigenvalue weighted by Crippen LogP contribution is -2.15. The van der Waals surface area contributed by atoms with Crippen LogP contribution in [0.2, 0.25) is 5.02 Å². The first-order valence-electron chi connectivity index (χ1n) is 4.86. The molecule has 0 amide bonds. The van der Waals surface area contributed by atoms with Crippen LogP contribution in [0.25, 0.3) is 0 Å². The number of hydrogen-bond acceptors (Lipinski definition) is 3. The minimum Gasteiger partial charge on any atom is -0.264 e. The lowest BCUT2D eigenvalue weighted by Gasteiger charge is -2.09. The summed E-state index contributed by atoms with van der Waals surface area (Å²) in [6.07, 6.45) is 1.45. The maximum Gasteiger partial charge on any atom is 0.264 e. The molecule has 1 N–H and O–H groups in total. The Morgan fingerprint density at radius 2 is 2.11 bits per heavy atom. The van der Waals surface area contributed by atoms with Gasteiger partial charge in [-0.15, -0.1) is 0 Å². The Hall–Kier alpha value is -1.60. The van der Waals surface area contributed by atoms with E-state index in [9.17, 15) is 12.8 Å². The molecule has 0 aliphatic rings. The van der Waals surface area contributed by atoms with E-state index in [0.717, 1.165) is 18.2 Å². The fourth-order valence-corrected chi connectivity index (χ4v) is 2.98. The molecule has 5 nitrogen and oxygen atoms in total. The van der Waals surface area contributed by atoms with Crippen LogP contribution in [-0.2, 0) is 17.1 Å². The van der Waals surface area contributed by atoms with Gasteiger partial charge in [0.2, 0.25) is 0 Å². The van der Waals surface area contributed by atoms with Crippen LogP contribution in [0.3, 0.4) is 0 Å². The molecule has 8 heteroatoms. The molecule has 0 aliphatic carbocycles. The van der Waals surface area contributed by atoms with Crippen molar-refractivity contribution in [2.75, 3.05) is 4.72 Å². The average molecular weight is 290 g/mol. The third kappa shape index (κ3) is 2.46. The van der Waals surface area contributed by atoms with Gasteiger partial charge >= 0.3 is 0 Å². The van der Waals surface area contributed by atoms with Crippen LogP contribution in [0, 0.1) is 5.82 Å². The molecule has 2 rings (SSSR count). The Morgan fingerprint density at radius 3 is 2.67 bits per heavy atom. The van der Waals surface area contributed by atoms with Gasteiger partial charge < -0.3 is 0 Å². The van der Waals surface area contributed by atoms with Gasteiger partial charge in [0.25, 0.3) is 10.0 Å². The number of nitrogens with one attached hydrogen (secondary N) is 1. The third-order valence-electron chi connectivity index (χ3n) is 2.24. The van der Waals surface area contributed by atoms with Gasteiger partial charge in [0.15, 0.2) is 0 Å². The minimum absolute atomic E-state index is 0.176. The monoisotopic (exact) mass is 289 g/mol. The van der Waals surface area contributed by atoms with Crippen molar-refractivity contribution in [2.24, 2.45) is 7.05 Å². The molecule has 0 saturated carbocycles. The van der Waals surface area contributed by atoms with Crippen LogP contribution in [0.1, 0.15) is 0 Å². The number of hydrogen-bond donors (Lipinski definition) is 1. The zero-order chi connectivity index (χ0) is 13.3. The van der Waals surface area contributed by atoms with Gasteiger partial charge in [-0.2, -0.15) is 5.10 Å². The molecule has 0 fully saturated rings. The number of benzene rings is 1. The van der Waals surface area contributed by atoms with Crippen molar-refractivity contribution in [3.05, 3.63) is 41.3 Å². The van der Waals surface area contributed by atoms with Crippen LogP contribution >= 0.6 is 11.6 Å². The predicted octanol–water partition coefficient (Wildman–Crippen LogP) is 2.01. The standard InChI is InChI=1S/C10H9ClFN3O2S/c1-15-10(4-5-13-15)14-18(16,17)9-3-2-7(12)6-8(9)11/h2-6,14H,1H3. The summed E-state index contributed by atoms with van der Waals surface area (Å²) >= 11 is 5.71. The fraction of sp³-hybridized carbons (Fsp3) is 0.100. The molecular weight excluding hydrogens is 281 g/mol. The molecule has 2 aromatic rings. The summed E-state index contributed by atoms with van der Waals surface area (Å²) in [6.45, 7) is 0. The molecule has 1 aromatic heterocycles. The van der Waals surface area contributed by atoms with E-state index in [1.165, 1.54) is 16.9 Å². The molecule has 0 aliphatic heterocycles. The summed E-state index contributed by atoms with van der Waals surface area (Å²) in [5.41, 5.74) is 0. The number of aromatic nitrogens is 2. The fourth-order valence-electron chi connectivity index (χ4n) is 1.36. The van der Waals surface area contributed by atoms with E-state index in [1.54, 1.807) is 7.05 Å². The molecule has 18 heavy (non-hydrogen) atoms. The zero-order valence-corrected chi connectivity index (χ0v) is 10.8. The van der Waals surface area contributed by atoms with Crippen molar-refractivity contribution in [1.29, 1.82) is 0 Å². The normalized spacial score (nSPS) is 11.5. The highest BCUT2D eigenvalue weighted by atomic mass is 35.5. The first kappa shape index (κ1) is 12.8. The Bertz CT molecular complexity index is 684. The topological polar surface area (TPSA) is 64.0 Å². The Labute approximate surface area is 108 Å². The van der Waals surface area contributed by atoms with E-state index in [-0.39, 0.29) is 15.7 Å². The number of anilines is 1. The van der Waals surface area contributed by atoms with Crippen molar-refractivity contribution in [1.82, 2.24) is 9.78 Å². The maximum absolute atomic E-state index is 12.9. The van der Waals surface area contributed by atoms with Crippen molar-refractivity contribution < 1.29 is 12.8 Å². The number of sulfonamides is 1. The van der Waals surface area contributed by atoms with Gasteiger partial charge in [-0.3, -0.25) is 9.40 Å². The molecule has 96 valence electrons. The smallest absolute Gasteiger partial charge is 0.264 e. The summed E-state index contributed by atoms with van der Waals surface area (Å²) in [6, 6.07) is 4.58. The number of halogens is 2. The summed E-state index contributed by atoms with van der Waals surface area (Å²) in [7, 11) is -2.28. The molecule has 1 heterocycles. The molecule has 0 radical (unpaired) electrons. The molecule has 0 unspecified atom stereocenters. The summed E-state index contributed by atoms with van der Waals surface area (Å²) < 4.78 is 40.6.